The van der Waals surface area contributed by atoms with Gasteiger partial charge in [-0.1, -0.05) is 30.7 Å². The number of nitrogens with zero attached hydrogens (tertiary/aromatic N) is 1. The molecule has 5 nitrogen and oxygen atoms in total. The predicted octanol–water partition coefficient (Wildman–Crippen LogP) is 3.34. The quantitative estimate of drug-likeness (QED) is 0.851. The van der Waals surface area contributed by atoms with Gasteiger partial charge in [-0.25, -0.2) is 4.98 Å². The Morgan fingerprint density at radius 2 is 1.76 bits per heavy atom. The number of hydrogen-bond acceptors (Lipinski definition) is 3. The lowest BCUT2D eigenvalue weighted by molar-refractivity contribution is -0.115. The summed E-state index contributed by atoms with van der Waals surface area (Å²) in [6, 6.07) is 11.7. The lowest BCUT2D eigenvalue weighted by Gasteiger charge is -2.08. The molecule has 0 saturated heterocycles. The maximum absolute atomic E-state index is 12.0. The fourth-order valence-electron chi connectivity index (χ4n) is 1.65. The Morgan fingerprint density at radius 1 is 1.10 bits per heavy atom. The molecule has 0 aliphatic carbocycles. The fraction of sp³-hybridized carbons (Fsp3) is 0.133. The van der Waals surface area contributed by atoms with Crippen LogP contribution in [0, 0.1) is 0 Å². The molecule has 0 unspecified atom stereocenters. The Labute approximate surface area is 127 Å². The third-order valence-corrected chi connectivity index (χ3v) is 2.88. The van der Waals surface area contributed by atoms with Crippen LogP contribution in [0.4, 0.5) is 11.4 Å². The highest BCUT2D eigenvalue weighted by Gasteiger charge is 2.08. The van der Waals surface area contributed by atoms with Gasteiger partial charge >= 0.3 is 0 Å². The van der Waals surface area contributed by atoms with Gasteiger partial charge in [0.15, 0.2) is 0 Å². The Balaban J connectivity index is 2.11. The van der Waals surface area contributed by atoms with Crippen molar-refractivity contribution in [2.24, 2.45) is 0 Å². The topological polar surface area (TPSA) is 71.1 Å². The van der Waals surface area contributed by atoms with Crippen LogP contribution < -0.4 is 10.6 Å². The highest BCUT2D eigenvalue weighted by molar-refractivity contribution is 6.29. The van der Waals surface area contributed by atoms with Gasteiger partial charge in [0, 0.05) is 17.8 Å². The second-order valence-corrected chi connectivity index (χ2v) is 4.67. The van der Waals surface area contributed by atoms with Crippen LogP contribution in [-0.4, -0.2) is 16.8 Å². The van der Waals surface area contributed by atoms with Gasteiger partial charge in [0.2, 0.25) is 5.91 Å². The molecule has 2 aromatic rings. The van der Waals surface area contributed by atoms with Crippen molar-refractivity contribution in [2.75, 3.05) is 10.6 Å². The molecule has 2 rings (SSSR count). The normalized spacial score (nSPS) is 10.0. The number of hydrogen-bond donors (Lipinski definition) is 2. The number of amides is 2. The molecule has 0 radical (unpaired) electrons. The highest BCUT2D eigenvalue weighted by atomic mass is 35.5. The summed E-state index contributed by atoms with van der Waals surface area (Å²) in [4.78, 5) is 27.3. The molecule has 21 heavy (non-hydrogen) atoms. The van der Waals surface area contributed by atoms with Crippen molar-refractivity contribution in [1.82, 2.24) is 4.98 Å². The Morgan fingerprint density at radius 3 is 2.43 bits per heavy atom. The van der Waals surface area contributed by atoms with Gasteiger partial charge < -0.3 is 10.6 Å². The molecule has 0 atom stereocenters. The Hall–Kier alpha value is -2.40. The zero-order chi connectivity index (χ0) is 15.2. The zero-order valence-corrected chi connectivity index (χ0v) is 12.1. The largest absolute Gasteiger partial charge is 0.326 e. The molecule has 0 aliphatic heterocycles. The SMILES string of the molecule is CCC(=O)Nc1cccc(NC(=O)c2cccc(Cl)n2)c1. The van der Waals surface area contributed by atoms with Crippen molar-refractivity contribution < 1.29 is 9.59 Å². The van der Waals surface area contributed by atoms with E-state index in [1.807, 2.05) is 0 Å². The summed E-state index contributed by atoms with van der Waals surface area (Å²) in [6.07, 6.45) is 0.392. The second-order valence-electron chi connectivity index (χ2n) is 4.28. The van der Waals surface area contributed by atoms with E-state index in [4.69, 9.17) is 11.6 Å². The van der Waals surface area contributed by atoms with E-state index in [9.17, 15) is 9.59 Å². The molecule has 2 amide bonds. The predicted molar refractivity (Wildman–Crippen MR) is 82.6 cm³/mol. The molecular weight excluding hydrogens is 290 g/mol. The van der Waals surface area contributed by atoms with E-state index in [-0.39, 0.29) is 22.7 Å². The molecule has 1 heterocycles. The monoisotopic (exact) mass is 303 g/mol. The number of carbonyl (C=O) groups is 2. The molecule has 1 aromatic heterocycles. The van der Waals surface area contributed by atoms with E-state index in [0.29, 0.717) is 17.8 Å². The van der Waals surface area contributed by atoms with Gasteiger partial charge in [-0.3, -0.25) is 9.59 Å². The summed E-state index contributed by atoms with van der Waals surface area (Å²) in [6.45, 7) is 1.77. The van der Waals surface area contributed by atoms with Crippen LogP contribution >= 0.6 is 11.6 Å². The number of benzene rings is 1. The lowest BCUT2D eigenvalue weighted by atomic mass is 10.2. The minimum Gasteiger partial charge on any atom is -0.326 e. The zero-order valence-electron chi connectivity index (χ0n) is 11.4. The maximum Gasteiger partial charge on any atom is 0.274 e. The number of rotatable bonds is 4. The first kappa shape index (κ1) is 15.0. The van der Waals surface area contributed by atoms with E-state index < -0.39 is 0 Å². The third kappa shape index (κ3) is 4.29. The summed E-state index contributed by atoms with van der Waals surface area (Å²) in [5.74, 6) is -0.452. The number of pyridine rings is 1. The minimum absolute atomic E-state index is 0.0880. The van der Waals surface area contributed by atoms with Gasteiger partial charge in [0.05, 0.1) is 0 Å². The van der Waals surface area contributed by atoms with Crippen LogP contribution in [0.1, 0.15) is 23.8 Å². The smallest absolute Gasteiger partial charge is 0.274 e. The van der Waals surface area contributed by atoms with E-state index in [0.717, 1.165) is 0 Å². The molecule has 0 saturated carbocycles. The molecule has 6 heteroatoms. The van der Waals surface area contributed by atoms with Gasteiger partial charge in [0.1, 0.15) is 10.8 Å². The molecular formula is C15H14ClN3O2. The highest BCUT2D eigenvalue weighted by Crippen LogP contribution is 2.16. The van der Waals surface area contributed by atoms with Crippen LogP contribution in [-0.2, 0) is 4.79 Å². The summed E-state index contributed by atoms with van der Waals surface area (Å²) in [5, 5.41) is 5.69. The lowest BCUT2D eigenvalue weighted by Crippen LogP contribution is -2.14. The molecule has 0 spiro atoms. The van der Waals surface area contributed by atoms with Gasteiger partial charge in [-0.2, -0.15) is 0 Å². The average molecular weight is 304 g/mol. The van der Waals surface area contributed by atoms with Crippen LogP contribution in [0.15, 0.2) is 42.5 Å². The summed E-state index contributed by atoms with van der Waals surface area (Å²) in [5.41, 5.74) is 1.42. The van der Waals surface area contributed by atoms with Crippen molar-refractivity contribution >= 4 is 34.8 Å². The number of nitrogens with one attached hydrogen (secondary N) is 2. The van der Waals surface area contributed by atoms with Gasteiger partial charge in [-0.05, 0) is 30.3 Å². The van der Waals surface area contributed by atoms with E-state index >= 15 is 0 Å². The molecule has 0 fully saturated rings. The van der Waals surface area contributed by atoms with Crippen molar-refractivity contribution in [3.63, 3.8) is 0 Å². The van der Waals surface area contributed by atoms with Crippen LogP contribution in [0.2, 0.25) is 5.15 Å². The van der Waals surface area contributed by atoms with Crippen molar-refractivity contribution in [3.05, 3.63) is 53.3 Å². The first-order chi connectivity index (χ1) is 10.1. The summed E-state index contributed by atoms with van der Waals surface area (Å²) < 4.78 is 0. The Bertz CT molecular complexity index is 673. The van der Waals surface area contributed by atoms with Gasteiger partial charge in [-0.15, -0.1) is 0 Å². The number of carbonyl (C=O) groups excluding carboxylic acids is 2. The standard InChI is InChI=1S/C15H14ClN3O2/c1-2-14(20)17-10-5-3-6-11(9-10)18-15(21)12-7-4-8-13(16)19-12/h3-9H,2H2,1H3,(H,17,20)(H,18,21). The molecule has 2 N–H and O–H groups in total. The van der Waals surface area contributed by atoms with Crippen molar-refractivity contribution in [2.45, 2.75) is 13.3 Å². The first-order valence-electron chi connectivity index (χ1n) is 6.42. The summed E-state index contributed by atoms with van der Waals surface area (Å²) in [7, 11) is 0. The molecule has 1 aromatic carbocycles. The Kier molecular flexibility index (Phi) is 4.90. The van der Waals surface area contributed by atoms with Crippen molar-refractivity contribution in [1.29, 1.82) is 0 Å². The molecule has 0 aliphatic rings. The first-order valence-corrected chi connectivity index (χ1v) is 6.80. The van der Waals surface area contributed by atoms with Crippen LogP contribution in [0.3, 0.4) is 0 Å². The molecule has 0 bridgehead atoms. The van der Waals surface area contributed by atoms with Crippen LogP contribution in [0.25, 0.3) is 0 Å². The van der Waals surface area contributed by atoms with Crippen molar-refractivity contribution in [3.8, 4) is 0 Å². The number of anilines is 2. The summed E-state index contributed by atoms with van der Waals surface area (Å²) >= 11 is 5.75. The third-order valence-electron chi connectivity index (χ3n) is 2.67. The van der Waals surface area contributed by atoms with E-state index in [2.05, 4.69) is 15.6 Å². The fourth-order valence-corrected chi connectivity index (χ4v) is 1.82. The maximum atomic E-state index is 12.0. The average Bonchev–Trinajstić information content (AvgIpc) is 2.47. The number of halogens is 1. The second kappa shape index (κ2) is 6.85. The van der Waals surface area contributed by atoms with E-state index in [1.54, 1.807) is 49.4 Å². The van der Waals surface area contributed by atoms with Gasteiger partial charge in [0.25, 0.3) is 5.91 Å². The minimum atomic E-state index is -0.364. The van der Waals surface area contributed by atoms with E-state index in [1.165, 1.54) is 0 Å². The molecule has 108 valence electrons. The van der Waals surface area contributed by atoms with Crippen LogP contribution in [0.5, 0.6) is 0 Å². The number of aromatic nitrogens is 1.